The van der Waals surface area contributed by atoms with Gasteiger partial charge in [0.15, 0.2) is 0 Å². The van der Waals surface area contributed by atoms with Crippen LogP contribution in [0.4, 0.5) is 5.69 Å². The predicted molar refractivity (Wildman–Crippen MR) is 84.9 cm³/mol. The van der Waals surface area contributed by atoms with E-state index in [1.807, 2.05) is 52.0 Å². The van der Waals surface area contributed by atoms with Gasteiger partial charge in [0, 0.05) is 12.7 Å². The third kappa shape index (κ3) is 3.88. The van der Waals surface area contributed by atoms with E-state index in [4.69, 9.17) is 4.74 Å². The van der Waals surface area contributed by atoms with Crippen LogP contribution < -0.4 is 10.1 Å². The fraction of sp³-hybridized carbons (Fsp3) is 0.353. The summed E-state index contributed by atoms with van der Waals surface area (Å²) in [6, 6.07) is 7.79. The second-order valence-electron chi connectivity index (χ2n) is 5.45. The second-order valence-corrected chi connectivity index (χ2v) is 5.45. The predicted octanol–water partition coefficient (Wildman–Crippen LogP) is 3.80. The van der Waals surface area contributed by atoms with Crippen molar-refractivity contribution in [1.82, 2.24) is 4.98 Å². The Balaban J connectivity index is 2.13. The Morgan fingerprint density at radius 3 is 2.52 bits per heavy atom. The van der Waals surface area contributed by atoms with E-state index >= 15 is 0 Å². The van der Waals surface area contributed by atoms with Gasteiger partial charge >= 0.3 is 0 Å². The average molecular weight is 286 g/mol. The fourth-order valence-corrected chi connectivity index (χ4v) is 2.19. The maximum atomic E-state index is 9.81. The van der Waals surface area contributed by atoms with Gasteiger partial charge in [0.2, 0.25) is 5.88 Å². The molecule has 4 nitrogen and oxygen atoms in total. The molecule has 0 bridgehead atoms. The molecule has 1 aromatic carbocycles. The molecule has 2 rings (SSSR count). The van der Waals surface area contributed by atoms with Gasteiger partial charge in [-0.15, -0.1) is 0 Å². The van der Waals surface area contributed by atoms with E-state index in [9.17, 15) is 5.11 Å². The molecule has 0 unspecified atom stereocenters. The number of aromatic nitrogens is 1. The number of hydrogen-bond acceptors (Lipinski definition) is 4. The zero-order valence-corrected chi connectivity index (χ0v) is 13.0. The summed E-state index contributed by atoms with van der Waals surface area (Å²) in [4.78, 5) is 4.26. The molecule has 0 fully saturated rings. The van der Waals surface area contributed by atoms with Gasteiger partial charge in [-0.2, -0.15) is 0 Å². The Hall–Kier alpha value is -2.23. The van der Waals surface area contributed by atoms with E-state index in [0.29, 0.717) is 18.2 Å². The van der Waals surface area contributed by atoms with Crippen LogP contribution in [0, 0.1) is 13.8 Å². The summed E-state index contributed by atoms with van der Waals surface area (Å²) >= 11 is 0. The largest absolute Gasteiger partial charge is 0.507 e. The van der Waals surface area contributed by atoms with Crippen molar-refractivity contribution in [2.24, 2.45) is 0 Å². The number of pyridine rings is 1. The van der Waals surface area contributed by atoms with Crippen molar-refractivity contribution in [3.8, 4) is 11.6 Å². The van der Waals surface area contributed by atoms with Gasteiger partial charge in [-0.05, 0) is 56.5 Å². The highest BCUT2D eigenvalue weighted by Gasteiger charge is 2.08. The lowest BCUT2D eigenvalue weighted by Crippen LogP contribution is -2.10. The van der Waals surface area contributed by atoms with Crippen LogP contribution >= 0.6 is 0 Å². The number of phenols is 1. The number of aromatic hydroxyl groups is 1. The molecule has 0 amide bonds. The Bertz CT molecular complexity index is 601. The minimum Gasteiger partial charge on any atom is -0.507 e. The number of nitrogens with zero attached hydrogens (tertiary/aromatic N) is 1. The summed E-state index contributed by atoms with van der Waals surface area (Å²) in [5.41, 5.74) is 3.75. The molecule has 0 spiro atoms. The fourth-order valence-electron chi connectivity index (χ4n) is 2.19. The monoisotopic (exact) mass is 286 g/mol. The topological polar surface area (TPSA) is 54.4 Å². The first-order chi connectivity index (χ1) is 9.97. The second kappa shape index (κ2) is 6.48. The van der Waals surface area contributed by atoms with Crippen molar-refractivity contribution in [2.75, 3.05) is 5.32 Å². The van der Waals surface area contributed by atoms with Crippen LogP contribution in [-0.4, -0.2) is 16.2 Å². The van der Waals surface area contributed by atoms with E-state index in [0.717, 1.165) is 22.4 Å². The average Bonchev–Trinajstić information content (AvgIpc) is 2.43. The van der Waals surface area contributed by atoms with E-state index in [1.165, 1.54) is 0 Å². The number of phenolic OH excluding ortho intramolecular Hbond substituents is 1. The normalized spacial score (nSPS) is 10.7. The molecule has 0 atom stereocenters. The van der Waals surface area contributed by atoms with Crippen molar-refractivity contribution in [3.63, 3.8) is 0 Å². The lowest BCUT2D eigenvalue weighted by molar-refractivity contribution is 0.234. The summed E-state index contributed by atoms with van der Waals surface area (Å²) in [5.74, 6) is 0.976. The Morgan fingerprint density at radius 1 is 1.24 bits per heavy atom. The first kappa shape index (κ1) is 15.2. The van der Waals surface area contributed by atoms with Gasteiger partial charge < -0.3 is 15.2 Å². The standard InChI is InChI=1S/C17H22N2O2/c1-11(2)21-17-15(6-5-7-18-17)19-10-14-8-12(3)16(20)13(4)9-14/h5-9,11,19-20H,10H2,1-4H3. The third-order valence-corrected chi connectivity index (χ3v) is 3.15. The van der Waals surface area contributed by atoms with Gasteiger partial charge in [0.25, 0.3) is 0 Å². The Kier molecular flexibility index (Phi) is 4.68. The van der Waals surface area contributed by atoms with E-state index in [1.54, 1.807) is 6.20 Å². The first-order valence-electron chi connectivity index (χ1n) is 7.12. The smallest absolute Gasteiger partial charge is 0.237 e. The van der Waals surface area contributed by atoms with Crippen LogP contribution in [0.3, 0.4) is 0 Å². The molecule has 4 heteroatoms. The summed E-state index contributed by atoms with van der Waals surface area (Å²) in [7, 11) is 0. The van der Waals surface area contributed by atoms with Crippen molar-refractivity contribution in [2.45, 2.75) is 40.3 Å². The van der Waals surface area contributed by atoms with Crippen LogP contribution in [0.1, 0.15) is 30.5 Å². The molecule has 0 radical (unpaired) electrons. The number of aryl methyl sites for hydroxylation is 2. The van der Waals surface area contributed by atoms with Crippen LogP contribution in [0.15, 0.2) is 30.5 Å². The van der Waals surface area contributed by atoms with Gasteiger partial charge in [-0.1, -0.05) is 12.1 Å². The summed E-state index contributed by atoms with van der Waals surface area (Å²) in [5, 5.41) is 13.1. The molecule has 1 aromatic heterocycles. The van der Waals surface area contributed by atoms with E-state index < -0.39 is 0 Å². The minimum absolute atomic E-state index is 0.0820. The van der Waals surface area contributed by atoms with E-state index in [2.05, 4.69) is 10.3 Å². The molecule has 0 aliphatic heterocycles. The molecule has 1 heterocycles. The Labute approximate surface area is 125 Å². The number of ether oxygens (including phenoxy) is 1. The Morgan fingerprint density at radius 2 is 1.90 bits per heavy atom. The summed E-state index contributed by atoms with van der Waals surface area (Å²) in [6.45, 7) is 8.42. The summed E-state index contributed by atoms with van der Waals surface area (Å²) in [6.07, 6.45) is 1.80. The molecular weight excluding hydrogens is 264 g/mol. The van der Waals surface area contributed by atoms with E-state index in [-0.39, 0.29) is 6.10 Å². The lowest BCUT2D eigenvalue weighted by Gasteiger charge is -2.15. The van der Waals surface area contributed by atoms with Crippen LogP contribution in [-0.2, 0) is 6.54 Å². The van der Waals surface area contributed by atoms with Crippen molar-refractivity contribution >= 4 is 5.69 Å². The molecule has 0 saturated carbocycles. The lowest BCUT2D eigenvalue weighted by atomic mass is 10.1. The maximum Gasteiger partial charge on any atom is 0.237 e. The molecule has 2 aromatic rings. The van der Waals surface area contributed by atoms with Gasteiger partial charge in [0.1, 0.15) is 5.75 Å². The number of hydrogen-bond donors (Lipinski definition) is 2. The molecule has 21 heavy (non-hydrogen) atoms. The van der Waals surface area contributed by atoms with Crippen molar-refractivity contribution in [1.29, 1.82) is 0 Å². The number of nitrogens with one attached hydrogen (secondary N) is 1. The molecule has 2 N–H and O–H groups in total. The molecule has 0 aliphatic rings. The third-order valence-electron chi connectivity index (χ3n) is 3.15. The molecule has 0 aliphatic carbocycles. The maximum absolute atomic E-state index is 9.81. The SMILES string of the molecule is Cc1cc(CNc2cccnc2OC(C)C)cc(C)c1O. The molecule has 112 valence electrons. The highest BCUT2D eigenvalue weighted by atomic mass is 16.5. The van der Waals surface area contributed by atoms with Crippen molar-refractivity contribution in [3.05, 3.63) is 47.2 Å². The minimum atomic E-state index is 0.0820. The molecular formula is C17H22N2O2. The van der Waals surface area contributed by atoms with Gasteiger partial charge in [0.05, 0.1) is 11.8 Å². The number of benzene rings is 1. The van der Waals surface area contributed by atoms with Gasteiger partial charge in [-0.3, -0.25) is 0 Å². The van der Waals surface area contributed by atoms with Gasteiger partial charge in [-0.25, -0.2) is 4.98 Å². The zero-order chi connectivity index (χ0) is 15.4. The molecule has 0 saturated heterocycles. The summed E-state index contributed by atoms with van der Waals surface area (Å²) < 4.78 is 5.69. The highest BCUT2D eigenvalue weighted by molar-refractivity contribution is 5.53. The van der Waals surface area contributed by atoms with Crippen molar-refractivity contribution < 1.29 is 9.84 Å². The number of rotatable bonds is 5. The zero-order valence-electron chi connectivity index (χ0n) is 13.0. The highest BCUT2D eigenvalue weighted by Crippen LogP contribution is 2.25. The first-order valence-corrected chi connectivity index (χ1v) is 7.12. The number of anilines is 1. The van der Waals surface area contributed by atoms with Crippen LogP contribution in [0.5, 0.6) is 11.6 Å². The van der Waals surface area contributed by atoms with Crippen LogP contribution in [0.2, 0.25) is 0 Å². The van der Waals surface area contributed by atoms with Crippen LogP contribution in [0.25, 0.3) is 0 Å². The quantitative estimate of drug-likeness (QED) is 0.877.